The number of rotatable bonds is 5. The minimum Gasteiger partial charge on any atom is -0.320 e. The summed E-state index contributed by atoms with van der Waals surface area (Å²) in [5, 5.41) is 5.49. The number of aromatic nitrogens is 1. The second-order valence-electron chi connectivity index (χ2n) is 6.39. The van der Waals surface area contributed by atoms with E-state index in [0.29, 0.717) is 5.13 Å². The number of likely N-dealkylation sites (tertiary alicyclic amines) is 1. The van der Waals surface area contributed by atoms with Crippen molar-refractivity contribution in [3.05, 3.63) is 11.1 Å². The molecule has 1 aromatic heterocycles. The van der Waals surface area contributed by atoms with E-state index in [9.17, 15) is 4.79 Å². The molecule has 1 aromatic rings. The van der Waals surface area contributed by atoms with E-state index in [4.69, 9.17) is 5.73 Å². The maximum atomic E-state index is 11.9. The molecule has 3 N–H and O–H groups in total. The van der Waals surface area contributed by atoms with Crippen LogP contribution in [0, 0.1) is 11.8 Å². The topological polar surface area (TPSA) is 71.2 Å². The summed E-state index contributed by atoms with van der Waals surface area (Å²) in [6, 6.07) is -0.486. The minimum absolute atomic E-state index is 0. The van der Waals surface area contributed by atoms with Gasteiger partial charge in [0, 0.05) is 18.5 Å². The predicted octanol–water partition coefficient (Wildman–Crippen LogP) is 3.14. The zero-order valence-corrected chi connectivity index (χ0v) is 16.4. The zero-order chi connectivity index (χ0) is 15.4. The van der Waals surface area contributed by atoms with Gasteiger partial charge in [0.05, 0.1) is 11.7 Å². The molecule has 0 saturated carbocycles. The van der Waals surface area contributed by atoms with Crippen LogP contribution in [0.25, 0.3) is 0 Å². The van der Waals surface area contributed by atoms with E-state index in [0.717, 1.165) is 31.2 Å². The van der Waals surface area contributed by atoms with Gasteiger partial charge in [-0.25, -0.2) is 4.98 Å². The van der Waals surface area contributed by atoms with Crippen LogP contribution in [-0.2, 0) is 11.3 Å². The third kappa shape index (κ3) is 6.93. The summed E-state index contributed by atoms with van der Waals surface area (Å²) in [6.45, 7) is 9.32. The number of carbonyl (C=O) groups is 1. The van der Waals surface area contributed by atoms with Crippen LogP contribution in [0.4, 0.5) is 5.13 Å². The van der Waals surface area contributed by atoms with Gasteiger partial charge in [-0.3, -0.25) is 9.69 Å². The third-order valence-electron chi connectivity index (χ3n) is 3.93. The van der Waals surface area contributed by atoms with Crippen molar-refractivity contribution in [2.45, 2.75) is 46.2 Å². The monoisotopic (exact) mass is 382 g/mol. The van der Waals surface area contributed by atoms with Gasteiger partial charge in [-0.15, -0.1) is 36.2 Å². The van der Waals surface area contributed by atoms with Gasteiger partial charge >= 0.3 is 0 Å². The molecule has 2 heterocycles. The number of nitrogens with two attached hydrogens (primary N) is 1. The molecule has 2 rings (SSSR count). The first-order valence-electron chi connectivity index (χ1n) is 7.69. The smallest absolute Gasteiger partial charge is 0.243 e. The number of hydrogen-bond donors (Lipinski definition) is 2. The summed E-state index contributed by atoms with van der Waals surface area (Å²) in [6.07, 6.45) is 2.58. The van der Waals surface area contributed by atoms with Gasteiger partial charge in [0.2, 0.25) is 5.91 Å². The largest absolute Gasteiger partial charge is 0.320 e. The molecule has 1 saturated heterocycles. The Morgan fingerprint density at radius 2 is 2.22 bits per heavy atom. The Labute approximate surface area is 155 Å². The summed E-state index contributed by atoms with van der Waals surface area (Å²) in [5.41, 5.74) is 6.87. The predicted molar refractivity (Wildman–Crippen MR) is 102 cm³/mol. The van der Waals surface area contributed by atoms with Crippen LogP contribution in [0.2, 0.25) is 0 Å². The van der Waals surface area contributed by atoms with Crippen molar-refractivity contribution in [1.82, 2.24) is 9.88 Å². The van der Waals surface area contributed by atoms with Crippen molar-refractivity contribution in [3.8, 4) is 0 Å². The number of halogens is 2. The summed E-state index contributed by atoms with van der Waals surface area (Å²) < 4.78 is 0. The van der Waals surface area contributed by atoms with Crippen molar-refractivity contribution in [2.24, 2.45) is 17.6 Å². The minimum atomic E-state index is -0.486. The van der Waals surface area contributed by atoms with Crippen LogP contribution < -0.4 is 11.1 Å². The number of piperidine rings is 1. The molecule has 0 radical (unpaired) electrons. The molecule has 8 heteroatoms. The van der Waals surface area contributed by atoms with Crippen molar-refractivity contribution in [1.29, 1.82) is 0 Å². The zero-order valence-electron chi connectivity index (χ0n) is 13.9. The Kier molecular flexibility index (Phi) is 10.3. The lowest BCUT2D eigenvalue weighted by Crippen LogP contribution is -2.39. The van der Waals surface area contributed by atoms with Gasteiger partial charge in [-0.1, -0.05) is 20.8 Å². The first kappa shape index (κ1) is 22.6. The van der Waals surface area contributed by atoms with Crippen LogP contribution >= 0.6 is 36.2 Å². The molecule has 23 heavy (non-hydrogen) atoms. The van der Waals surface area contributed by atoms with Crippen LogP contribution in [0.15, 0.2) is 5.38 Å². The number of thiazole rings is 1. The fourth-order valence-electron chi connectivity index (χ4n) is 2.59. The molecular weight excluding hydrogens is 355 g/mol. The van der Waals surface area contributed by atoms with Gasteiger partial charge in [0.25, 0.3) is 0 Å². The van der Waals surface area contributed by atoms with Crippen molar-refractivity contribution in [3.63, 3.8) is 0 Å². The van der Waals surface area contributed by atoms with Crippen molar-refractivity contribution in [2.75, 3.05) is 18.4 Å². The maximum absolute atomic E-state index is 11.9. The van der Waals surface area contributed by atoms with Gasteiger partial charge in [0.15, 0.2) is 5.13 Å². The van der Waals surface area contributed by atoms with Crippen molar-refractivity contribution >= 4 is 47.2 Å². The molecule has 134 valence electrons. The molecule has 1 aliphatic rings. The third-order valence-corrected chi connectivity index (χ3v) is 4.74. The molecule has 1 fully saturated rings. The molecule has 2 unspecified atom stereocenters. The molecular formula is C15H28Cl2N4OS. The number of nitrogens with one attached hydrogen (secondary N) is 1. The molecule has 1 amide bonds. The number of hydrogen-bond acceptors (Lipinski definition) is 5. The average molecular weight is 383 g/mol. The Bertz CT molecular complexity index is 484. The Morgan fingerprint density at radius 3 is 2.83 bits per heavy atom. The van der Waals surface area contributed by atoms with Crippen LogP contribution in [-0.4, -0.2) is 34.9 Å². The van der Waals surface area contributed by atoms with E-state index < -0.39 is 6.04 Å². The number of anilines is 1. The van der Waals surface area contributed by atoms with Crippen LogP contribution in [0.1, 0.15) is 39.3 Å². The summed E-state index contributed by atoms with van der Waals surface area (Å²) in [4.78, 5) is 18.9. The molecule has 0 spiro atoms. The molecule has 0 aliphatic carbocycles. The second kappa shape index (κ2) is 10.5. The summed E-state index contributed by atoms with van der Waals surface area (Å²) in [7, 11) is 0. The normalized spacial score (nSPS) is 19.6. The lowest BCUT2D eigenvalue weighted by atomic mass is 10.0. The molecule has 0 aromatic carbocycles. The first-order chi connectivity index (χ1) is 9.95. The van der Waals surface area contributed by atoms with Crippen molar-refractivity contribution < 1.29 is 4.79 Å². The van der Waals surface area contributed by atoms with E-state index in [-0.39, 0.29) is 36.6 Å². The first-order valence-corrected chi connectivity index (χ1v) is 8.57. The highest BCUT2D eigenvalue weighted by atomic mass is 35.5. The molecule has 1 aliphatic heterocycles. The Morgan fingerprint density at radius 1 is 1.52 bits per heavy atom. The van der Waals surface area contributed by atoms with E-state index in [1.807, 2.05) is 19.2 Å². The Balaban J connectivity index is 0.00000242. The highest BCUT2D eigenvalue weighted by Crippen LogP contribution is 2.21. The highest BCUT2D eigenvalue weighted by molar-refractivity contribution is 7.13. The fraction of sp³-hybridized carbons (Fsp3) is 0.733. The SMILES string of the molecule is CC1CCCN(Cc2csc(NC(=O)C(N)C(C)C)n2)C1.Cl.Cl. The number of nitrogens with zero attached hydrogens (tertiary/aromatic N) is 2. The van der Waals surface area contributed by atoms with E-state index >= 15 is 0 Å². The van der Waals surface area contributed by atoms with Gasteiger partial charge in [-0.05, 0) is 31.2 Å². The lowest BCUT2D eigenvalue weighted by Gasteiger charge is -2.30. The van der Waals surface area contributed by atoms with Crippen LogP contribution in [0.5, 0.6) is 0 Å². The standard InChI is InChI=1S/C15H26N4OS.2ClH/c1-10(2)13(16)14(20)18-15-17-12(9-21-15)8-19-6-4-5-11(3)7-19;;/h9-11,13H,4-8,16H2,1-3H3,(H,17,18,20);2*1H. The molecule has 5 nitrogen and oxygen atoms in total. The van der Waals surface area contributed by atoms with Crippen LogP contribution in [0.3, 0.4) is 0 Å². The summed E-state index contributed by atoms with van der Waals surface area (Å²) >= 11 is 1.47. The number of amides is 1. The summed E-state index contributed by atoms with van der Waals surface area (Å²) in [5.74, 6) is 0.734. The van der Waals surface area contributed by atoms with E-state index in [1.54, 1.807) is 0 Å². The lowest BCUT2D eigenvalue weighted by molar-refractivity contribution is -0.118. The Hall–Kier alpha value is -0.400. The quantitative estimate of drug-likeness (QED) is 0.820. The second-order valence-corrected chi connectivity index (χ2v) is 7.24. The van der Waals surface area contributed by atoms with Gasteiger partial charge in [-0.2, -0.15) is 0 Å². The van der Waals surface area contributed by atoms with Gasteiger partial charge in [0.1, 0.15) is 0 Å². The van der Waals surface area contributed by atoms with E-state index in [2.05, 4.69) is 22.1 Å². The fourth-order valence-corrected chi connectivity index (χ4v) is 3.29. The number of carbonyl (C=O) groups excluding carboxylic acids is 1. The van der Waals surface area contributed by atoms with Gasteiger partial charge < -0.3 is 11.1 Å². The van der Waals surface area contributed by atoms with E-state index in [1.165, 1.54) is 24.2 Å². The highest BCUT2D eigenvalue weighted by Gasteiger charge is 2.20. The molecule has 2 atom stereocenters. The maximum Gasteiger partial charge on any atom is 0.243 e. The average Bonchev–Trinajstić information content (AvgIpc) is 2.84. The molecule has 0 bridgehead atoms.